The Hall–Kier alpha value is -2.49. The molecule has 0 bridgehead atoms. The van der Waals surface area contributed by atoms with Crippen molar-refractivity contribution in [3.05, 3.63) is 53.3 Å². The third-order valence-electron chi connectivity index (χ3n) is 3.52. The molecule has 1 heterocycles. The molecule has 2 aromatic carbocycles. The summed E-state index contributed by atoms with van der Waals surface area (Å²) in [5.74, 6) is 1.14. The van der Waals surface area contributed by atoms with E-state index in [1.54, 1.807) is 6.07 Å². The minimum atomic E-state index is -0.249. The lowest BCUT2D eigenvalue weighted by molar-refractivity contribution is 0.627. The highest BCUT2D eigenvalue weighted by Gasteiger charge is 2.11. The Labute approximate surface area is 122 Å². The molecule has 106 valence electrons. The van der Waals surface area contributed by atoms with Gasteiger partial charge in [-0.1, -0.05) is 11.6 Å². The van der Waals surface area contributed by atoms with Gasteiger partial charge >= 0.3 is 0 Å². The molecule has 3 rings (SSSR count). The summed E-state index contributed by atoms with van der Waals surface area (Å²) in [5.41, 5.74) is 3.70. The van der Waals surface area contributed by atoms with E-state index in [4.69, 9.17) is 0 Å². The van der Waals surface area contributed by atoms with Gasteiger partial charge in [-0.3, -0.25) is 0 Å². The van der Waals surface area contributed by atoms with Crippen LogP contribution in [0.25, 0.3) is 22.3 Å². The number of aryl methyl sites for hydroxylation is 2. The average Bonchev–Trinajstić information content (AvgIpc) is 2.46. The molecule has 0 atom stereocenters. The lowest BCUT2D eigenvalue weighted by Gasteiger charge is -2.10. The monoisotopic (exact) mass is 281 g/mol. The van der Waals surface area contributed by atoms with Gasteiger partial charge in [-0.2, -0.15) is 0 Å². The van der Waals surface area contributed by atoms with Crippen molar-refractivity contribution in [2.45, 2.75) is 13.8 Å². The second kappa shape index (κ2) is 5.13. The van der Waals surface area contributed by atoms with Gasteiger partial charge in [-0.25, -0.2) is 14.4 Å². The first-order valence-electron chi connectivity index (χ1n) is 6.81. The van der Waals surface area contributed by atoms with E-state index in [1.807, 2.05) is 33.0 Å². The van der Waals surface area contributed by atoms with Crippen molar-refractivity contribution in [3.8, 4) is 11.4 Å². The molecule has 1 aromatic heterocycles. The zero-order valence-corrected chi connectivity index (χ0v) is 12.2. The Bertz CT molecular complexity index is 828. The fourth-order valence-electron chi connectivity index (χ4n) is 2.43. The first-order valence-corrected chi connectivity index (χ1v) is 6.81. The quantitative estimate of drug-likeness (QED) is 0.768. The van der Waals surface area contributed by atoms with Gasteiger partial charge in [0.25, 0.3) is 0 Å². The van der Waals surface area contributed by atoms with Crippen LogP contribution in [-0.4, -0.2) is 17.0 Å². The molecule has 0 radical (unpaired) electrons. The summed E-state index contributed by atoms with van der Waals surface area (Å²) in [6.45, 7) is 3.90. The molecule has 3 nitrogen and oxygen atoms in total. The van der Waals surface area contributed by atoms with Crippen LogP contribution in [0.2, 0.25) is 0 Å². The molecule has 0 fully saturated rings. The van der Waals surface area contributed by atoms with Crippen molar-refractivity contribution < 1.29 is 4.39 Å². The van der Waals surface area contributed by atoms with Crippen LogP contribution in [-0.2, 0) is 0 Å². The lowest BCUT2D eigenvalue weighted by Crippen LogP contribution is -2.00. The zero-order chi connectivity index (χ0) is 15.0. The maximum atomic E-state index is 13.3. The molecule has 0 aliphatic carbocycles. The molecule has 21 heavy (non-hydrogen) atoms. The van der Waals surface area contributed by atoms with Crippen molar-refractivity contribution in [2.24, 2.45) is 0 Å². The Morgan fingerprint density at radius 3 is 2.52 bits per heavy atom. The highest BCUT2D eigenvalue weighted by atomic mass is 19.1. The minimum Gasteiger partial charge on any atom is -0.373 e. The van der Waals surface area contributed by atoms with Gasteiger partial charge < -0.3 is 5.32 Å². The number of fused-ring (bicyclic) bond motifs is 1. The number of aromatic nitrogens is 2. The highest BCUT2D eigenvalue weighted by Crippen LogP contribution is 2.27. The molecule has 1 N–H and O–H groups in total. The Morgan fingerprint density at radius 2 is 1.81 bits per heavy atom. The fourth-order valence-corrected chi connectivity index (χ4v) is 2.43. The fraction of sp³-hybridized carbons (Fsp3) is 0.176. The minimum absolute atomic E-state index is 0.249. The number of nitrogens with one attached hydrogen (secondary N) is 1. The molecule has 0 spiro atoms. The lowest BCUT2D eigenvalue weighted by atomic mass is 10.1. The molecule has 0 aliphatic rings. The van der Waals surface area contributed by atoms with Crippen molar-refractivity contribution in [2.75, 3.05) is 12.4 Å². The van der Waals surface area contributed by atoms with Gasteiger partial charge in [-0.15, -0.1) is 0 Å². The standard InChI is InChI=1S/C17H16FN3/c1-10-4-7-15-14(8-10)16(19-3)21-17(20-15)13-6-5-12(18)9-11(13)2/h4-9H,1-3H3,(H,19,20,21). The van der Waals surface area contributed by atoms with Crippen LogP contribution in [0.5, 0.6) is 0 Å². The maximum absolute atomic E-state index is 13.3. The van der Waals surface area contributed by atoms with Crippen molar-refractivity contribution >= 4 is 16.7 Å². The first kappa shape index (κ1) is 13.5. The van der Waals surface area contributed by atoms with E-state index in [2.05, 4.69) is 21.4 Å². The number of hydrogen-bond acceptors (Lipinski definition) is 3. The topological polar surface area (TPSA) is 37.8 Å². The van der Waals surface area contributed by atoms with E-state index in [9.17, 15) is 4.39 Å². The van der Waals surface area contributed by atoms with Gasteiger partial charge in [0.15, 0.2) is 5.82 Å². The normalized spacial score (nSPS) is 10.9. The Morgan fingerprint density at radius 1 is 1.00 bits per heavy atom. The van der Waals surface area contributed by atoms with E-state index >= 15 is 0 Å². The zero-order valence-electron chi connectivity index (χ0n) is 12.2. The predicted molar refractivity (Wildman–Crippen MR) is 84.0 cm³/mol. The van der Waals surface area contributed by atoms with Crippen molar-refractivity contribution in [1.29, 1.82) is 0 Å². The van der Waals surface area contributed by atoms with Crippen LogP contribution in [0.1, 0.15) is 11.1 Å². The third-order valence-corrected chi connectivity index (χ3v) is 3.52. The van der Waals surface area contributed by atoms with Crippen LogP contribution in [0.4, 0.5) is 10.2 Å². The van der Waals surface area contributed by atoms with Crippen molar-refractivity contribution in [1.82, 2.24) is 9.97 Å². The summed E-state index contributed by atoms with van der Waals surface area (Å²) >= 11 is 0. The molecule has 0 saturated heterocycles. The van der Waals surface area contributed by atoms with E-state index in [-0.39, 0.29) is 5.82 Å². The number of halogens is 1. The summed E-state index contributed by atoms with van der Waals surface area (Å²) in [6.07, 6.45) is 0. The van der Waals surface area contributed by atoms with Gasteiger partial charge in [0.2, 0.25) is 0 Å². The van der Waals surface area contributed by atoms with Gasteiger partial charge in [0, 0.05) is 18.0 Å². The van der Waals surface area contributed by atoms with Crippen LogP contribution in [0.3, 0.4) is 0 Å². The molecule has 0 unspecified atom stereocenters. The molecular weight excluding hydrogens is 265 g/mol. The molecule has 3 aromatic rings. The summed E-state index contributed by atoms with van der Waals surface area (Å²) in [5, 5.41) is 4.10. The van der Waals surface area contributed by atoms with Crippen LogP contribution < -0.4 is 5.32 Å². The first-order chi connectivity index (χ1) is 10.1. The number of rotatable bonds is 2. The van der Waals surface area contributed by atoms with E-state index in [0.29, 0.717) is 5.82 Å². The number of anilines is 1. The molecule has 4 heteroatoms. The van der Waals surface area contributed by atoms with E-state index in [0.717, 1.165) is 33.4 Å². The number of nitrogens with zero attached hydrogens (tertiary/aromatic N) is 2. The smallest absolute Gasteiger partial charge is 0.162 e. The van der Waals surface area contributed by atoms with Crippen LogP contribution in [0, 0.1) is 19.7 Å². The Balaban J connectivity index is 2.26. The van der Waals surface area contributed by atoms with Crippen LogP contribution >= 0.6 is 0 Å². The second-order valence-electron chi connectivity index (χ2n) is 5.13. The largest absolute Gasteiger partial charge is 0.373 e. The van der Waals surface area contributed by atoms with Gasteiger partial charge in [-0.05, 0) is 49.7 Å². The molecular formula is C17H16FN3. The molecule has 0 amide bonds. The van der Waals surface area contributed by atoms with Gasteiger partial charge in [0.1, 0.15) is 11.6 Å². The summed E-state index contributed by atoms with van der Waals surface area (Å²) in [6, 6.07) is 10.7. The third kappa shape index (κ3) is 2.44. The van der Waals surface area contributed by atoms with Crippen molar-refractivity contribution in [3.63, 3.8) is 0 Å². The summed E-state index contributed by atoms with van der Waals surface area (Å²) in [4.78, 5) is 9.19. The summed E-state index contributed by atoms with van der Waals surface area (Å²) < 4.78 is 13.3. The van der Waals surface area contributed by atoms with E-state index in [1.165, 1.54) is 12.1 Å². The highest BCUT2D eigenvalue weighted by molar-refractivity contribution is 5.91. The number of benzene rings is 2. The molecule has 0 saturated carbocycles. The Kier molecular flexibility index (Phi) is 3.29. The van der Waals surface area contributed by atoms with E-state index < -0.39 is 0 Å². The average molecular weight is 281 g/mol. The maximum Gasteiger partial charge on any atom is 0.162 e. The van der Waals surface area contributed by atoms with Crippen LogP contribution in [0.15, 0.2) is 36.4 Å². The number of hydrogen-bond donors (Lipinski definition) is 1. The predicted octanol–water partition coefficient (Wildman–Crippen LogP) is 4.09. The second-order valence-corrected chi connectivity index (χ2v) is 5.13. The van der Waals surface area contributed by atoms with Gasteiger partial charge in [0.05, 0.1) is 5.52 Å². The SMILES string of the molecule is CNc1nc(-c2ccc(F)cc2C)nc2ccc(C)cc12. The summed E-state index contributed by atoms with van der Waals surface area (Å²) in [7, 11) is 1.84. The molecule has 0 aliphatic heterocycles.